The zero-order chi connectivity index (χ0) is 10.7. The molecule has 0 amide bonds. The van der Waals surface area contributed by atoms with Gasteiger partial charge in [0.15, 0.2) is 5.69 Å². The molecule has 0 aromatic carbocycles. The summed E-state index contributed by atoms with van der Waals surface area (Å²) in [5.74, 6) is 1.03. The van der Waals surface area contributed by atoms with Crippen LogP contribution in [0.4, 0.5) is 5.82 Å². The fourth-order valence-corrected chi connectivity index (χ4v) is 1.20. The third-order valence-corrected chi connectivity index (χ3v) is 2.32. The second-order valence-corrected chi connectivity index (χ2v) is 3.60. The van der Waals surface area contributed by atoms with Crippen molar-refractivity contribution >= 4 is 11.8 Å². The smallest absolute Gasteiger partial charge is 0.358 e. The summed E-state index contributed by atoms with van der Waals surface area (Å²) >= 11 is 0. The van der Waals surface area contributed by atoms with Crippen molar-refractivity contribution in [3.63, 3.8) is 0 Å². The Hall–Kier alpha value is -1.65. The maximum atomic E-state index is 11.1. The van der Waals surface area contributed by atoms with Gasteiger partial charge in [-0.1, -0.05) is 0 Å². The molecule has 1 aromatic rings. The van der Waals surface area contributed by atoms with Crippen molar-refractivity contribution in [1.82, 2.24) is 9.97 Å². The van der Waals surface area contributed by atoms with Gasteiger partial charge in [-0.3, -0.25) is 0 Å². The average Bonchev–Trinajstić information content (AvgIpc) is 3.10. The Kier molecular flexibility index (Phi) is 2.80. The first-order valence-electron chi connectivity index (χ1n) is 4.94. The number of methoxy groups -OCH3 is 1. The molecule has 2 rings (SSSR count). The van der Waals surface area contributed by atoms with Crippen LogP contribution in [0.25, 0.3) is 0 Å². The van der Waals surface area contributed by atoms with Gasteiger partial charge in [-0.15, -0.1) is 0 Å². The SMILES string of the molecule is COC(=O)c1cnc(NCC2CC2)cn1. The number of nitrogens with zero attached hydrogens (tertiary/aromatic N) is 2. The minimum atomic E-state index is -0.462. The third-order valence-electron chi connectivity index (χ3n) is 2.32. The Morgan fingerprint density at radius 3 is 2.87 bits per heavy atom. The molecule has 0 unspecified atom stereocenters. The van der Waals surface area contributed by atoms with Gasteiger partial charge in [0.25, 0.3) is 0 Å². The number of esters is 1. The molecule has 5 heteroatoms. The summed E-state index contributed by atoms with van der Waals surface area (Å²) in [5.41, 5.74) is 0.231. The van der Waals surface area contributed by atoms with Crippen LogP contribution < -0.4 is 5.32 Å². The number of rotatable bonds is 4. The van der Waals surface area contributed by atoms with Crippen molar-refractivity contribution in [2.24, 2.45) is 5.92 Å². The lowest BCUT2D eigenvalue weighted by Gasteiger charge is -2.03. The molecule has 15 heavy (non-hydrogen) atoms. The predicted octanol–water partition coefficient (Wildman–Crippen LogP) is 1.09. The molecule has 5 nitrogen and oxygen atoms in total. The normalized spacial score (nSPS) is 14.7. The van der Waals surface area contributed by atoms with Crippen LogP contribution >= 0.6 is 0 Å². The van der Waals surface area contributed by atoms with E-state index in [1.807, 2.05) is 0 Å². The summed E-state index contributed by atoms with van der Waals surface area (Å²) in [6.07, 6.45) is 5.55. The Labute approximate surface area is 87.9 Å². The lowest BCUT2D eigenvalue weighted by atomic mass is 10.4. The minimum absolute atomic E-state index is 0.231. The van der Waals surface area contributed by atoms with Gasteiger partial charge in [0, 0.05) is 6.54 Å². The molecular formula is C10H13N3O2. The molecule has 1 heterocycles. The van der Waals surface area contributed by atoms with E-state index in [0.717, 1.165) is 12.5 Å². The van der Waals surface area contributed by atoms with Crippen molar-refractivity contribution in [1.29, 1.82) is 0 Å². The highest BCUT2D eigenvalue weighted by atomic mass is 16.5. The summed E-state index contributed by atoms with van der Waals surface area (Å²) in [4.78, 5) is 19.1. The van der Waals surface area contributed by atoms with Gasteiger partial charge < -0.3 is 10.1 Å². The van der Waals surface area contributed by atoms with E-state index in [2.05, 4.69) is 20.0 Å². The fraction of sp³-hybridized carbons (Fsp3) is 0.500. The predicted molar refractivity (Wildman–Crippen MR) is 54.6 cm³/mol. The number of carbonyl (C=O) groups excluding carboxylic acids is 1. The molecule has 0 bridgehead atoms. The van der Waals surface area contributed by atoms with Gasteiger partial charge in [-0.05, 0) is 18.8 Å². The number of anilines is 1. The zero-order valence-corrected chi connectivity index (χ0v) is 8.56. The summed E-state index contributed by atoms with van der Waals surface area (Å²) in [7, 11) is 1.32. The van der Waals surface area contributed by atoms with E-state index in [0.29, 0.717) is 5.82 Å². The van der Waals surface area contributed by atoms with E-state index >= 15 is 0 Å². The monoisotopic (exact) mass is 207 g/mol. The number of ether oxygens (including phenoxy) is 1. The summed E-state index contributed by atoms with van der Waals surface area (Å²) < 4.78 is 4.52. The zero-order valence-electron chi connectivity index (χ0n) is 8.56. The van der Waals surface area contributed by atoms with Gasteiger partial charge in [-0.25, -0.2) is 14.8 Å². The molecule has 1 aromatic heterocycles. The molecule has 1 N–H and O–H groups in total. The maximum absolute atomic E-state index is 11.1. The van der Waals surface area contributed by atoms with Crippen molar-refractivity contribution < 1.29 is 9.53 Å². The molecule has 1 aliphatic carbocycles. The van der Waals surface area contributed by atoms with Crippen LogP contribution in [0.3, 0.4) is 0 Å². The molecule has 1 saturated carbocycles. The molecule has 80 valence electrons. The first-order chi connectivity index (χ1) is 7.29. The molecular weight excluding hydrogens is 194 g/mol. The van der Waals surface area contributed by atoms with Crippen molar-refractivity contribution in [2.45, 2.75) is 12.8 Å². The van der Waals surface area contributed by atoms with Crippen molar-refractivity contribution in [3.8, 4) is 0 Å². The fourth-order valence-electron chi connectivity index (χ4n) is 1.20. The summed E-state index contributed by atoms with van der Waals surface area (Å²) in [6, 6.07) is 0. The van der Waals surface area contributed by atoms with Gasteiger partial charge in [-0.2, -0.15) is 0 Å². The standard InChI is InChI=1S/C10H13N3O2/c1-15-10(14)8-5-13-9(6-11-8)12-4-7-2-3-7/h5-7H,2-4H2,1H3,(H,12,13). The summed E-state index contributed by atoms with van der Waals surface area (Å²) in [6.45, 7) is 0.937. The van der Waals surface area contributed by atoms with Crippen molar-refractivity contribution in [3.05, 3.63) is 18.1 Å². The number of carbonyl (C=O) groups is 1. The molecule has 0 spiro atoms. The van der Waals surface area contributed by atoms with Crippen LogP contribution in [-0.4, -0.2) is 29.6 Å². The van der Waals surface area contributed by atoms with Gasteiger partial charge in [0.05, 0.1) is 19.5 Å². The highest BCUT2D eigenvalue weighted by Crippen LogP contribution is 2.28. The van der Waals surface area contributed by atoms with E-state index < -0.39 is 5.97 Å². The Morgan fingerprint density at radius 1 is 1.53 bits per heavy atom. The highest BCUT2D eigenvalue weighted by Gasteiger charge is 2.20. The Bertz CT molecular complexity index is 346. The number of aromatic nitrogens is 2. The molecule has 0 aliphatic heterocycles. The van der Waals surface area contributed by atoms with Crippen LogP contribution in [0.5, 0.6) is 0 Å². The Morgan fingerprint density at radius 2 is 2.33 bits per heavy atom. The Balaban J connectivity index is 1.93. The third kappa shape index (κ3) is 2.65. The van der Waals surface area contributed by atoms with Gasteiger partial charge in [0.2, 0.25) is 0 Å². The lowest BCUT2D eigenvalue weighted by Crippen LogP contribution is -2.08. The van der Waals surface area contributed by atoms with Crippen LogP contribution in [0.1, 0.15) is 23.3 Å². The number of hydrogen-bond donors (Lipinski definition) is 1. The number of nitrogens with one attached hydrogen (secondary N) is 1. The summed E-state index contributed by atoms with van der Waals surface area (Å²) in [5, 5.41) is 3.17. The molecule has 0 saturated heterocycles. The van der Waals surface area contributed by atoms with Gasteiger partial charge >= 0.3 is 5.97 Å². The molecule has 1 aliphatic rings. The highest BCUT2D eigenvalue weighted by molar-refractivity contribution is 5.86. The van der Waals surface area contributed by atoms with E-state index in [9.17, 15) is 4.79 Å². The second-order valence-electron chi connectivity index (χ2n) is 3.60. The van der Waals surface area contributed by atoms with E-state index in [4.69, 9.17) is 0 Å². The van der Waals surface area contributed by atoms with E-state index in [1.165, 1.54) is 26.1 Å². The van der Waals surface area contributed by atoms with Crippen LogP contribution in [0.15, 0.2) is 12.4 Å². The largest absolute Gasteiger partial charge is 0.464 e. The van der Waals surface area contributed by atoms with E-state index in [1.54, 1.807) is 6.20 Å². The lowest BCUT2D eigenvalue weighted by molar-refractivity contribution is 0.0593. The first-order valence-corrected chi connectivity index (χ1v) is 4.94. The number of hydrogen-bond acceptors (Lipinski definition) is 5. The topological polar surface area (TPSA) is 64.1 Å². The maximum Gasteiger partial charge on any atom is 0.358 e. The van der Waals surface area contributed by atoms with Gasteiger partial charge in [0.1, 0.15) is 5.82 Å². The molecule has 1 fully saturated rings. The average molecular weight is 207 g/mol. The van der Waals surface area contributed by atoms with Crippen LogP contribution in [-0.2, 0) is 4.74 Å². The second kappa shape index (κ2) is 4.25. The van der Waals surface area contributed by atoms with E-state index in [-0.39, 0.29) is 5.69 Å². The molecule has 0 radical (unpaired) electrons. The van der Waals surface area contributed by atoms with Crippen LogP contribution in [0, 0.1) is 5.92 Å². The van der Waals surface area contributed by atoms with Crippen molar-refractivity contribution in [2.75, 3.05) is 19.0 Å². The quantitative estimate of drug-likeness (QED) is 0.748. The minimum Gasteiger partial charge on any atom is -0.464 e. The van der Waals surface area contributed by atoms with Crippen LogP contribution in [0.2, 0.25) is 0 Å². The molecule has 0 atom stereocenters. The first kappa shape index (κ1) is 9.89.